The summed E-state index contributed by atoms with van der Waals surface area (Å²) in [5.74, 6) is 0. The Labute approximate surface area is 316 Å². The maximum atomic E-state index is 10.7. The van der Waals surface area contributed by atoms with Gasteiger partial charge in [0.2, 0.25) is 0 Å². The molecule has 3 heterocycles. The van der Waals surface area contributed by atoms with Crippen LogP contribution in [0, 0.1) is 22.7 Å². The SMILES string of the molecule is N#Cc1cc(-n2c3ccccc3c3c(C#N)cccc32)ccc1-c1cccc(-n2c3ccccc3c3cccc(-n4c5ccccc5c5ccccc54)c32)c1. The third-order valence-corrected chi connectivity index (χ3v) is 11.1. The number of para-hydroxylation sites is 5. The lowest BCUT2D eigenvalue weighted by atomic mass is 9.99. The highest BCUT2D eigenvalue weighted by molar-refractivity contribution is 6.15. The lowest BCUT2D eigenvalue weighted by Gasteiger charge is -2.16. The van der Waals surface area contributed by atoms with Crippen molar-refractivity contribution in [2.75, 3.05) is 0 Å². The van der Waals surface area contributed by atoms with E-state index in [1.165, 1.54) is 21.5 Å². The van der Waals surface area contributed by atoms with Crippen LogP contribution in [0.1, 0.15) is 11.1 Å². The first-order valence-corrected chi connectivity index (χ1v) is 18.3. The molecule has 0 saturated heterocycles. The second-order valence-corrected chi connectivity index (χ2v) is 14.0. The fourth-order valence-electron chi connectivity index (χ4n) is 8.85. The fourth-order valence-corrected chi connectivity index (χ4v) is 8.85. The van der Waals surface area contributed by atoms with Gasteiger partial charge in [-0.05, 0) is 77.9 Å². The Morgan fingerprint density at radius 3 is 1.58 bits per heavy atom. The molecule has 5 heteroatoms. The molecule has 0 fully saturated rings. The fraction of sp³-hybridized carbons (Fsp3) is 0. The molecule has 5 nitrogen and oxygen atoms in total. The highest BCUT2D eigenvalue weighted by Crippen LogP contribution is 2.41. The van der Waals surface area contributed by atoms with Crippen molar-refractivity contribution in [1.29, 1.82) is 10.5 Å². The van der Waals surface area contributed by atoms with E-state index in [9.17, 15) is 10.5 Å². The highest BCUT2D eigenvalue weighted by Gasteiger charge is 2.21. The van der Waals surface area contributed by atoms with Crippen molar-refractivity contribution in [3.05, 3.63) is 187 Å². The molecule has 0 aliphatic rings. The Bertz CT molecular complexity index is 3420. The highest BCUT2D eigenvalue weighted by atomic mass is 15.1. The molecule has 254 valence electrons. The summed E-state index contributed by atoms with van der Waals surface area (Å²) in [4.78, 5) is 0. The normalized spacial score (nSPS) is 11.6. The van der Waals surface area contributed by atoms with E-state index in [4.69, 9.17) is 0 Å². The number of hydrogen-bond acceptors (Lipinski definition) is 2. The summed E-state index contributed by atoms with van der Waals surface area (Å²) in [7, 11) is 0. The molecule has 0 aliphatic carbocycles. The number of nitrogens with zero attached hydrogens (tertiary/aromatic N) is 5. The minimum absolute atomic E-state index is 0.574. The smallest absolute Gasteiger partial charge is 0.0998 e. The van der Waals surface area contributed by atoms with Gasteiger partial charge in [0.05, 0.1) is 62.1 Å². The molecule has 0 N–H and O–H groups in total. The maximum Gasteiger partial charge on any atom is 0.0998 e. The average Bonchev–Trinajstić information content (AvgIpc) is 3.89. The monoisotopic (exact) mass is 699 g/mol. The summed E-state index contributed by atoms with van der Waals surface area (Å²) in [6.45, 7) is 0. The quantitative estimate of drug-likeness (QED) is 0.184. The number of fused-ring (bicyclic) bond motifs is 9. The minimum Gasteiger partial charge on any atom is -0.309 e. The van der Waals surface area contributed by atoms with Gasteiger partial charge in [-0.2, -0.15) is 10.5 Å². The van der Waals surface area contributed by atoms with Crippen LogP contribution >= 0.6 is 0 Å². The first kappa shape index (κ1) is 30.7. The van der Waals surface area contributed by atoms with Gasteiger partial charge in [-0.15, -0.1) is 0 Å². The zero-order chi connectivity index (χ0) is 36.6. The molecule has 0 bridgehead atoms. The summed E-state index contributed by atoms with van der Waals surface area (Å²) in [6.07, 6.45) is 0. The van der Waals surface area contributed by atoms with Gasteiger partial charge in [0.25, 0.3) is 0 Å². The van der Waals surface area contributed by atoms with E-state index in [0.717, 1.165) is 72.1 Å². The van der Waals surface area contributed by atoms with Gasteiger partial charge in [-0.3, -0.25) is 0 Å². The van der Waals surface area contributed by atoms with E-state index < -0.39 is 0 Å². The summed E-state index contributed by atoms with van der Waals surface area (Å²) in [5.41, 5.74) is 12.5. The van der Waals surface area contributed by atoms with E-state index >= 15 is 0 Å². The molecule has 11 rings (SSSR count). The van der Waals surface area contributed by atoms with Crippen molar-refractivity contribution in [3.8, 4) is 40.3 Å². The van der Waals surface area contributed by atoms with Crippen molar-refractivity contribution in [3.63, 3.8) is 0 Å². The zero-order valence-electron chi connectivity index (χ0n) is 29.5. The van der Waals surface area contributed by atoms with Crippen LogP contribution < -0.4 is 0 Å². The Kier molecular flexibility index (Phi) is 6.61. The van der Waals surface area contributed by atoms with E-state index in [2.05, 4.69) is 165 Å². The van der Waals surface area contributed by atoms with Gasteiger partial charge >= 0.3 is 0 Å². The van der Waals surface area contributed by atoms with Crippen LogP contribution in [0.3, 0.4) is 0 Å². The third-order valence-electron chi connectivity index (χ3n) is 11.1. The van der Waals surface area contributed by atoms with E-state index in [1.807, 2.05) is 36.4 Å². The van der Waals surface area contributed by atoms with E-state index in [-0.39, 0.29) is 0 Å². The first-order valence-electron chi connectivity index (χ1n) is 18.3. The minimum atomic E-state index is 0.574. The summed E-state index contributed by atoms with van der Waals surface area (Å²) >= 11 is 0. The molecule has 0 unspecified atom stereocenters. The average molecular weight is 700 g/mol. The molecule has 3 aromatic heterocycles. The molecule has 55 heavy (non-hydrogen) atoms. The molecule has 8 aromatic carbocycles. The van der Waals surface area contributed by atoms with Crippen molar-refractivity contribution in [2.45, 2.75) is 0 Å². The van der Waals surface area contributed by atoms with Crippen LogP contribution in [-0.2, 0) is 0 Å². The largest absolute Gasteiger partial charge is 0.309 e. The van der Waals surface area contributed by atoms with E-state index in [0.29, 0.717) is 11.1 Å². The van der Waals surface area contributed by atoms with Crippen LogP contribution in [0.5, 0.6) is 0 Å². The van der Waals surface area contributed by atoms with Crippen LogP contribution in [-0.4, -0.2) is 13.7 Å². The standard InChI is InChI=1S/C50H29N5/c51-30-33-13-10-24-47-49(33)42-18-4-8-23-46(42)53(47)36-26-27-37(34(29-36)31-52)32-12-9-14-35(28-32)54-43-20-5-3-17-40(43)41-19-11-25-48(50(41)54)55-44-21-6-1-15-38(44)39-16-2-7-22-45(39)55/h1-29H. The van der Waals surface area contributed by atoms with Crippen LogP contribution in [0.2, 0.25) is 0 Å². The first-order chi connectivity index (χ1) is 27.2. The topological polar surface area (TPSA) is 62.4 Å². The Morgan fingerprint density at radius 1 is 0.364 bits per heavy atom. The number of nitriles is 2. The van der Waals surface area contributed by atoms with Gasteiger partial charge in [0.1, 0.15) is 0 Å². The van der Waals surface area contributed by atoms with Crippen molar-refractivity contribution in [1.82, 2.24) is 13.7 Å². The van der Waals surface area contributed by atoms with Crippen LogP contribution in [0.15, 0.2) is 176 Å². The molecular weight excluding hydrogens is 671 g/mol. The van der Waals surface area contributed by atoms with Crippen molar-refractivity contribution < 1.29 is 0 Å². The van der Waals surface area contributed by atoms with Crippen molar-refractivity contribution in [2.24, 2.45) is 0 Å². The molecule has 0 aliphatic heterocycles. The molecule has 0 amide bonds. The predicted octanol–water partition coefficient (Wildman–Crippen LogP) is 12.4. The number of hydrogen-bond donors (Lipinski definition) is 0. The Balaban J connectivity index is 1.13. The molecular formula is C50H29N5. The van der Waals surface area contributed by atoms with Crippen LogP contribution in [0.25, 0.3) is 93.6 Å². The van der Waals surface area contributed by atoms with Gasteiger partial charge < -0.3 is 13.7 Å². The molecule has 0 saturated carbocycles. The van der Waals surface area contributed by atoms with Gasteiger partial charge in [-0.25, -0.2) is 0 Å². The van der Waals surface area contributed by atoms with Crippen molar-refractivity contribution >= 4 is 65.4 Å². The Morgan fingerprint density at radius 2 is 0.891 bits per heavy atom. The molecule has 0 radical (unpaired) electrons. The number of aromatic nitrogens is 3. The lowest BCUT2D eigenvalue weighted by molar-refractivity contribution is 1.13. The summed E-state index contributed by atoms with van der Waals surface area (Å²) in [5, 5.41) is 27.3. The molecule has 0 atom stereocenters. The van der Waals surface area contributed by atoms with Crippen LogP contribution in [0.4, 0.5) is 0 Å². The maximum absolute atomic E-state index is 10.7. The lowest BCUT2D eigenvalue weighted by Crippen LogP contribution is -2.01. The zero-order valence-corrected chi connectivity index (χ0v) is 29.5. The molecule has 11 aromatic rings. The third kappa shape index (κ3) is 4.39. The Hall–Kier alpha value is -7.86. The van der Waals surface area contributed by atoms with Gasteiger partial charge in [0.15, 0.2) is 0 Å². The predicted molar refractivity (Wildman–Crippen MR) is 224 cm³/mol. The summed E-state index contributed by atoms with van der Waals surface area (Å²) in [6, 6.07) is 65.9. The molecule has 0 spiro atoms. The second kappa shape index (κ2) is 11.8. The van der Waals surface area contributed by atoms with Gasteiger partial charge in [-0.1, -0.05) is 109 Å². The van der Waals surface area contributed by atoms with Gasteiger partial charge in [0, 0.05) is 43.7 Å². The number of rotatable bonds is 4. The van der Waals surface area contributed by atoms with E-state index in [1.54, 1.807) is 0 Å². The second-order valence-electron chi connectivity index (χ2n) is 14.0. The number of benzene rings is 8. The summed E-state index contributed by atoms with van der Waals surface area (Å²) < 4.78 is 6.92.